The summed E-state index contributed by atoms with van der Waals surface area (Å²) in [5.41, 5.74) is 0. The highest BCUT2D eigenvalue weighted by atomic mass is 16.1. The number of carbonyl (C=O) groups is 1. The van der Waals surface area contributed by atoms with Crippen LogP contribution in [0.4, 0.5) is 5.95 Å². The van der Waals surface area contributed by atoms with Crippen LogP contribution < -0.4 is 4.90 Å². The van der Waals surface area contributed by atoms with Gasteiger partial charge >= 0.3 is 0 Å². The summed E-state index contributed by atoms with van der Waals surface area (Å²) in [6.07, 6.45) is 4.45. The average Bonchev–Trinajstić information content (AvgIpc) is 2.39. The van der Waals surface area contributed by atoms with Crippen LogP contribution in [0.5, 0.6) is 0 Å². The van der Waals surface area contributed by atoms with Gasteiger partial charge in [0.15, 0.2) is 0 Å². The molecule has 0 saturated carbocycles. The van der Waals surface area contributed by atoms with E-state index >= 15 is 0 Å². The smallest absolute Gasteiger partial charge is 0.225 e. The molecule has 0 N–H and O–H groups in total. The van der Waals surface area contributed by atoms with Crippen molar-refractivity contribution in [1.29, 1.82) is 0 Å². The van der Waals surface area contributed by atoms with E-state index in [1.54, 1.807) is 12.4 Å². The van der Waals surface area contributed by atoms with E-state index in [0.717, 1.165) is 32.0 Å². The van der Waals surface area contributed by atoms with Gasteiger partial charge in [0, 0.05) is 32.0 Å². The molecule has 0 aliphatic carbocycles. The maximum absolute atomic E-state index is 11.0. The molecular weight excluding hydrogens is 216 g/mol. The molecule has 0 bridgehead atoms. The van der Waals surface area contributed by atoms with Crippen LogP contribution in [0.15, 0.2) is 18.5 Å². The third kappa shape index (κ3) is 2.54. The van der Waals surface area contributed by atoms with Gasteiger partial charge in [-0.1, -0.05) is 13.8 Å². The Labute approximate surface area is 101 Å². The van der Waals surface area contributed by atoms with Crippen LogP contribution in [0, 0.1) is 5.92 Å². The summed E-state index contributed by atoms with van der Waals surface area (Å²) < 4.78 is 0. The van der Waals surface area contributed by atoms with Crippen molar-refractivity contribution in [3.63, 3.8) is 0 Å². The highest BCUT2D eigenvalue weighted by Crippen LogP contribution is 2.18. The topological polar surface area (TPSA) is 49.3 Å². The van der Waals surface area contributed by atoms with Gasteiger partial charge in [0.05, 0.1) is 6.04 Å². The van der Waals surface area contributed by atoms with E-state index in [-0.39, 0.29) is 6.04 Å². The zero-order chi connectivity index (χ0) is 12.3. The number of hydrogen-bond donors (Lipinski definition) is 0. The third-order valence-electron chi connectivity index (χ3n) is 3.20. The van der Waals surface area contributed by atoms with Crippen molar-refractivity contribution >= 4 is 12.4 Å². The number of amides is 1. The molecule has 5 heteroatoms. The maximum atomic E-state index is 11.0. The van der Waals surface area contributed by atoms with E-state index in [1.807, 2.05) is 11.0 Å². The number of nitrogens with zero attached hydrogens (tertiary/aromatic N) is 4. The van der Waals surface area contributed by atoms with Crippen molar-refractivity contribution < 1.29 is 4.79 Å². The highest BCUT2D eigenvalue weighted by molar-refractivity contribution is 5.49. The minimum Gasteiger partial charge on any atom is -0.338 e. The monoisotopic (exact) mass is 234 g/mol. The summed E-state index contributed by atoms with van der Waals surface area (Å²) in [7, 11) is 0. The van der Waals surface area contributed by atoms with Crippen LogP contribution in [0.3, 0.4) is 0 Å². The van der Waals surface area contributed by atoms with Gasteiger partial charge in [0.25, 0.3) is 0 Å². The molecule has 2 rings (SSSR count). The molecule has 1 unspecified atom stereocenters. The third-order valence-corrected chi connectivity index (χ3v) is 3.20. The first-order valence-electron chi connectivity index (χ1n) is 5.95. The summed E-state index contributed by atoms with van der Waals surface area (Å²) in [6.45, 7) is 6.62. The lowest BCUT2D eigenvalue weighted by Crippen LogP contribution is -2.55. The Balaban J connectivity index is 2.11. The lowest BCUT2D eigenvalue weighted by Gasteiger charge is -2.41. The number of piperazine rings is 1. The molecule has 1 aliphatic heterocycles. The van der Waals surface area contributed by atoms with Crippen LogP contribution in [-0.4, -0.2) is 47.0 Å². The molecule has 1 saturated heterocycles. The SMILES string of the molecule is CC(C)C1CN(c2ncccn2)CCN1C=O. The second-order valence-electron chi connectivity index (χ2n) is 4.65. The first-order valence-corrected chi connectivity index (χ1v) is 5.95. The molecule has 0 radical (unpaired) electrons. The van der Waals surface area contributed by atoms with Gasteiger partial charge in [-0.05, 0) is 12.0 Å². The number of hydrogen-bond acceptors (Lipinski definition) is 4. The molecular formula is C12H18N4O. The normalized spacial score (nSPS) is 20.8. The molecule has 1 fully saturated rings. The summed E-state index contributed by atoms with van der Waals surface area (Å²) in [5, 5.41) is 0. The number of carbonyl (C=O) groups excluding carboxylic acids is 1. The van der Waals surface area contributed by atoms with Gasteiger partial charge in [0.1, 0.15) is 0 Å². The fourth-order valence-corrected chi connectivity index (χ4v) is 2.18. The van der Waals surface area contributed by atoms with Gasteiger partial charge in [0.2, 0.25) is 12.4 Å². The standard InChI is InChI=1S/C12H18N4O/c1-10(2)11-8-15(6-7-16(11)9-17)12-13-4-3-5-14-12/h3-5,9-11H,6-8H2,1-2H3. The Morgan fingerprint density at radius 3 is 2.65 bits per heavy atom. The minimum atomic E-state index is 0.241. The largest absolute Gasteiger partial charge is 0.338 e. The zero-order valence-corrected chi connectivity index (χ0v) is 10.3. The predicted octanol–water partition coefficient (Wildman–Crippen LogP) is 0.780. The Morgan fingerprint density at radius 2 is 2.06 bits per heavy atom. The first-order chi connectivity index (χ1) is 8.22. The fourth-order valence-electron chi connectivity index (χ4n) is 2.18. The number of aromatic nitrogens is 2. The minimum absolute atomic E-state index is 0.241. The maximum Gasteiger partial charge on any atom is 0.225 e. The van der Waals surface area contributed by atoms with Crippen LogP contribution in [0.2, 0.25) is 0 Å². The molecule has 0 spiro atoms. The fraction of sp³-hybridized carbons (Fsp3) is 0.583. The lowest BCUT2D eigenvalue weighted by atomic mass is 10.0. The van der Waals surface area contributed by atoms with Crippen molar-refractivity contribution in [2.24, 2.45) is 5.92 Å². The van der Waals surface area contributed by atoms with Crippen LogP contribution in [0.1, 0.15) is 13.8 Å². The van der Waals surface area contributed by atoms with Crippen molar-refractivity contribution in [2.75, 3.05) is 24.5 Å². The Bertz CT molecular complexity index is 368. The van der Waals surface area contributed by atoms with Crippen molar-refractivity contribution in [3.05, 3.63) is 18.5 Å². The second-order valence-corrected chi connectivity index (χ2v) is 4.65. The summed E-state index contributed by atoms with van der Waals surface area (Å²) in [4.78, 5) is 23.5. The molecule has 17 heavy (non-hydrogen) atoms. The quantitative estimate of drug-likeness (QED) is 0.725. The summed E-state index contributed by atoms with van der Waals surface area (Å²) in [6, 6.07) is 2.05. The van der Waals surface area contributed by atoms with E-state index in [1.165, 1.54) is 0 Å². The van der Waals surface area contributed by atoms with Gasteiger partial charge in [-0.15, -0.1) is 0 Å². The van der Waals surface area contributed by atoms with Gasteiger partial charge in [-0.3, -0.25) is 4.79 Å². The molecule has 92 valence electrons. The first kappa shape index (κ1) is 11.8. The second kappa shape index (κ2) is 5.12. The molecule has 2 heterocycles. The van der Waals surface area contributed by atoms with Crippen molar-refractivity contribution in [2.45, 2.75) is 19.9 Å². The van der Waals surface area contributed by atoms with E-state index < -0.39 is 0 Å². The summed E-state index contributed by atoms with van der Waals surface area (Å²) in [5.74, 6) is 1.19. The lowest BCUT2D eigenvalue weighted by molar-refractivity contribution is -0.121. The van der Waals surface area contributed by atoms with E-state index in [0.29, 0.717) is 5.92 Å². The average molecular weight is 234 g/mol. The Hall–Kier alpha value is -1.65. The molecule has 5 nitrogen and oxygen atoms in total. The number of anilines is 1. The molecule has 1 aliphatic rings. The van der Waals surface area contributed by atoms with Gasteiger partial charge in [-0.2, -0.15) is 0 Å². The number of rotatable bonds is 3. The van der Waals surface area contributed by atoms with Crippen LogP contribution in [0.25, 0.3) is 0 Å². The van der Waals surface area contributed by atoms with Gasteiger partial charge in [-0.25, -0.2) is 9.97 Å². The van der Waals surface area contributed by atoms with E-state index in [2.05, 4.69) is 28.7 Å². The molecule has 1 amide bonds. The van der Waals surface area contributed by atoms with Crippen LogP contribution in [-0.2, 0) is 4.79 Å². The van der Waals surface area contributed by atoms with Crippen molar-refractivity contribution in [3.8, 4) is 0 Å². The van der Waals surface area contributed by atoms with Crippen LogP contribution >= 0.6 is 0 Å². The van der Waals surface area contributed by atoms with Gasteiger partial charge < -0.3 is 9.80 Å². The molecule has 1 aromatic rings. The van der Waals surface area contributed by atoms with E-state index in [4.69, 9.17) is 0 Å². The van der Waals surface area contributed by atoms with E-state index in [9.17, 15) is 4.79 Å². The highest BCUT2D eigenvalue weighted by Gasteiger charge is 2.29. The molecule has 1 aromatic heterocycles. The Morgan fingerprint density at radius 1 is 1.35 bits per heavy atom. The Kier molecular flexibility index (Phi) is 3.56. The predicted molar refractivity (Wildman–Crippen MR) is 65.6 cm³/mol. The zero-order valence-electron chi connectivity index (χ0n) is 10.3. The van der Waals surface area contributed by atoms with Crippen molar-refractivity contribution in [1.82, 2.24) is 14.9 Å². The summed E-state index contributed by atoms with van der Waals surface area (Å²) >= 11 is 0. The molecule has 1 atom stereocenters. The molecule has 0 aromatic carbocycles.